The van der Waals surface area contributed by atoms with Crippen molar-refractivity contribution in [3.63, 3.8) is 0 Å². The molecule has 4 N–H and O–H groups in total. The van der Waals surface area contributed by atoms with Crippen LogP contribution in [-0.2, 0) is 16.0 Å². The average molecular weight is 320 g/mol. The lowest BCUT2D eigenvalue weighted by Gasteiger charge is -2.27. The van der Waals surface area contributed by atoms with Crippen LogP contribution in [0.1, 0.15) is 18.4 Å². The fourth-order valence-corrected chi connectivity index (χ4v) is 3.09. The van der Waals surface area contributed by atoms with Gasteiger partial charge < -0.3 is 20.7 Å². The van der Waals surface area contributed by atoms with Gasteiger partial charge in [-0.15, -0.1) is 0 Å². The maximum absolute atomic E-state index is 12.1. The van der Waals surface area contributed by atoms with E-state index in [0.717, 1.165) is 42.0 Å². The lowest BCUT2D eigenvalue weighted by atomic mass is 9.97. The highest BCUT2D eigenvalue weighted by molar-refractivity contribution is 5.77. The number of carbonyl (C=O) groups excluding carboxylic acids is 2. The average Bonchev–Trinajstić information content (AvgIpc) is 2.55. The molecule has 1 fully saturated rings. The fourth-order valence-electron chi connectivity index (χ4n) is 3.09. The summed E-state index contributed by atoms with van der Waals surface area (Å²) in [5.41, 5.74) is 6.45. The number of quaternary nitrogens is 1. The number of hydrogen-bond acceptors (Lipinski definition) is 3. The predicted molar refractivity (Wildman–Crippen MR) is 87.2 cm³/mol. The fraction of sp³-hybridized carbons (Fsp3) is 0.529. The molecule has 1 aliphatic heterocycles. The Balaban J connectivity index is 1.74. The van der Waals surface area contributed by atoms with Gasteiger partial charge in [0.1, 0.15) is 5.75 Å². The Kier molecular flexibility index (Phi) is 6.40. The molecule has 2 atom stereocenters. The van der Waals surface area contributed by atoms with Crippen LogP contribution in [0.4, 0.5) is 0 Å². The number of hydrogen-bond donors (Lipinski definition) is 3. The largest absolute Gasteiger partial charge is 0.496 e. The first-order chi connectivity index (χ1) is 11.1. The van der Waals surface area contributed by atoms with E-state index in [-0.39, 0.29) is 17.7 Å². The topological polar surface area (TPSA) is 85.9 Å². The Bertz CT molecular complexity index is 548. The molecule has 126 valence electrons. The first-order valence-corrected chi connectivity index (χ1v) is 8.11. The van der Waals surface area contributed by atoms with Crippen LogP contribution in [0.3, 0.4) is 0 Å². The van der Waals surface area contributed by atoms with Gasteiger partial charge in [0.2, 0.25) is 5.91 Å². The Morgan fingerprint density at radius 3 is 2.91 bits per heavy atom. The van der Waals surface area contributed by atoms with Crippen molar-refractivity contribution in [3.05, 3.63) is 29.8 Å². The first kappa shape index (κ1) is 17.3. The van der Waals surface area contributed by atoms with E-state index >= 15 is 0 Å². The summed E-state index contributed by atoms with van der Waals surface area (Å²) in [5.74, 6) is 0.506. The monoisotopic (exact) mass is 320 g/mol. The predicted octanol–water partition coefficient (Wildman–Crippen LogP) is -0.866. The second-order valence-electron chi connectivity index (χ2n) is 6.03. The summed E-state index contributed by atoms with van der Waals surface area (Å²) in [5, 5.41) is 2.94. The van der Waals surface area contributed by atoms with Gasteiger partial charge in [0.15, 0.2) is 6.54 Å². The third kappa shape index (κ3) is 5.25. The molecule has 2 rings (SSSR count). The zero-order valence-electron chi connectivity index (χ0n) is 13.6. The molecule has 6 heteroatoms. The number of para-hydroxylation sites is 1. The van der Waals surface area contributed by atoms with Gasteiger partial charge in [-0.1, -0.05) is 18.2 Å². The molecule has 23 heavy (non-hydrogen) atoms. The van der Waals surface area contributed by atoms with Crippen LogP contribution in [0.2, 0.25) is 0 Å². The van der Waals surface area contributed by atoms with E-state index in [1.807, 2.05) is 24.3 Å². The van der Waals surface area contributed by atoms with Crippen molar-refractivity contribution >= 4 is 11.8 Å². The third-order valence-corrected chi connectivity index (χ3v) is 4.34. The number of primary amides is 1. The minimum atomic E-state index is -0.251. The van der Waals surface area contributed by atoms with Crippen LogP contribution >= 0.6 is 0 Å². The van der Waals surface area contributed by atoms with Crippen molar-refractivity contribution in [3.8, 4) is 5.75 Å². The molecule has 2 amide bonds. The van der Waals surface area contributed by atoms with Crippen LogP contribution in [0.15, 0.2) is 24.3 Å². The second kappa shape index (κ2) is 8.53. The number of methoxy groups -OCH3 is 1. The molecule has 1 saturated heterocycles. The van der Waals surface area contributed by atoms with E-state index in [4.69, 9.17) is 10.5 Å². The molecule has 6 nitrogen and oxygen atoms in total. The molecule has 0 aliphatic carbocycles. The number of amides is 2. The minimum absolute atomic E-state index is 0.0139. The molecule has 0 bridgehead atoms. The minimum Gasteiger partial charge on any atom is -0.496 e. The van der Waals surface area contributed by atoms with Gasteiger partial charge in [-0.05, 0) is 30.9 Å². The Morgan fingerprint density at radius 2 is 2.17 bits per heavy atom. The molecule has 1 aromatic rings. The lowest BCUT2D eigenvalue weighted by Crippen LogP contribution is -3.15. The number of nitrogens with one attached hydrogen (secondary N) is 2. The van der Waals surface area contributed by atoms with E-state index in [1.165, 1.54) is 0 Å². The number of likely N-dealkylation sites (tertiary alicyclic amines) is 1. The van der Waals surface area contributed by atoms with Gasteiger partial charge >= 0.3 is 0 Å². The van der Waals surface area contributed by atoms with Crippen molar-refractivity contribution in [2.45, 2.75) is 19.3 Å². The highest BCUT2D eigenvalue weighted by Gasteiger charge is 2.28. The van der Waals surface area contributed by atoms with E-state index in [9.17, 15) is 9.59 Å². The standard InChI is InChI=1S/C17H25N3O3/c1-23-15-7-3-2-5-13(15)8-9-19-16(21)12-20-10-4-6-14(11-20)17(18)22/h2-3,5,7,14H,4,6,8-12H2,1H3,(H2,18,22)(H,19,21)/p+1/t14-/m0/s1. The van der Waals surface area contributed by atoms with Crippen LogP contribution in [0, 0.1) is 5.92 Å². The van der Waals surface area contributed by atoms with Crippen molar-refractivity contribution in [1.29, 1.82) is 0 Å². The highest BCUT2D eigenvalue weighted by Crippen LogP contribution is 2.17. The summed E-state index contributed by atoms with van der Waals surface area (Å²) < 4.78 is 5.30. The van der Waals surface area contributed by atoms with E-state index in [1.54, 1.807) is 7.11 Å². The van der Waals surface area contributed by atoms with Gasteiger partial charge in [0.25, 0.3) is 5.91 Å². The number of ether oxygens (including phenoxy) is 1. The number of piperidine rings is 1. The van der Waals surface area contributed by atoms with Crippen LogP contribution in [0.25, 0.3) is 0 Å². The maximum Gasteiger partial charge on any atom is 0.275 e. The van der Waals surface area contributed by atoms with E-state index in [2.05, 4.69) is 5.32 Å². The summed E-state index contributed by atoms with van der Waals surface area (Å²) in [6, 6.07) is 7.80. The Hall–Kier alpha value is -2.08. The molecule has 1 aromatic carbocycles. The lowest BCUT2D eigenvalue weighted by molar-refractivity contribution is -0.899. The zero-order chi connectivity index (χ0) is 16.7. The van der Waals surface area contributed by atoms with Gasteiger partial charge in [-0.2, -0.15) is 0 Å². The normalized spacial score (nSPS) is 20.7. The number of benzene rings is 1. The highest BCUT2D eigenvalue weighted by atomic mass is 16.5. The summed E-state index contributed by atoms with van der Waals surface area (Å²) in [7, 11) is 1.65. The van der Waals surface area contributed by atoms with Gasteiger partial charge in [0, 0.05) is 6.54 Å². The first-order valence-electron chi connectivity index (χ1n) is 8.11. The van der Waals surface area contributed by atoms with E-state index < -0.39 is 0 Å². The number of carbonyl (C=O) groups is 2. The third-order valence-electron chi connectivity index (χ3n) is 4.34. The zero-order valence-corrected chi connectivity index (χ0v) is 13.6. The Labute approximate surface area is 137 Å². The van der Waals surface area contributed by atoms with E-state index in [0.29, 0.717) is 19.6 Å². The molecule has 1 heterocycles. The van der Waals surface area contributed by atoms with Crippen LogP contribution in [0.5, 0.6) is 5.75 Å². The van der Waals surface area contributed by atoms with Crippen molar-refractivity contribution in [2.24, 2.45) is 11.7 Å². The summed E-state index contributed by atoms with van der Waals surface area (Å²) in [4.78, 5) is 24.5. The molecule has 0 spiro atoms. The van der Waals surface area contributed by atoms with Crippen LogP contribution < -0.4 is 20.7 Å². The van der Waals surface area contributed by atoms with Crippen molar-refractivity contribution in [1.82, 2.24) is 5.32 Å². The van der Waals surface area contributed by atoms with Crippen molar-refractivity contribution < 1.29 is 19.2 Å². The summed E-state index contributed by atoms with van der Waals surface area (Å²) >= 11 is 0. The smallest absolute Gasteiger partial charge is 0.275 e. The Morgan fingerprint density at radius 1 is 1.39 bits per heavy atom. The molecule has 0 aromatic heterocycles. The van der Waals surface area contributed by atoms with Gasteiger partial charge in [0.05, 0.1) is 26.1 Å². The SMILES string of the molecule is COc1ccccc1CCNC(=O)C[NH+]1CCC[C@H](C(N)=O)C1. The number of rotatable bonds is 7. The molecule has 1 aliphatic rings. The van der Waals surface area contributed by atoms with Gasteiger partial charge in [-0.3, -0.25) is 9.59 Å². The molecule has 1 unspecified atom stereocenters. The molecule has 0 saturated carbocycles. The van der Waals surface area contributed by atoms with Crippen LogP contribution in [-0.4, -0.2) is 45.1 Å². The molecular formula is C17H26N3O3+. The number of nitrogens with two attached hydrogens (primary N) is 1. The summed E-state index contributed by atoms with van der Waals surface area (Å²) in [6.45, 7) is 2.56. The van der Waals surface area contributed by atoms with Gasteiger partial charge in [-0.25, -0.2) is 0 Å². The molecule has 0 radical (unpaired) electrons. The quantitative estimate of drug-likeness (QED) is 0.611. The second-order valence-corrected chi connectivity index (χ2v) is 6.03. The summed E-state index contributed by atoms with van der Waals surface area (Å²) in [6.07, 6.45) is 2.51. The van der Waals surface area contributed by atoms with Crippen molar-refractivity contribution in [2.75, 3.05) is 33.3 Å². The molecular weight excluding hydrogens is 294 g/mol. The maximum atomic E-state index is 12.1.